The van der Waals surface area contributed by atoms with Gasteiger partial charge in [0.25, 0.3) is 0 Å². The van der Waals surface area contributed by atoms with Gasteiger partial charge in [-0.2, -0.15) is 22.0 Å². The summed E-state index contributed by atoms with van der Waals surface area (Å²) in [5.41, 5.74) is 0.934. The lowest BCUT2D eigenvalue weighted by Crippen LogP contribution is -2.40. The molecular weight excluding hydrogens is 367 g/mol. The Labute approximate surface area is 143 Å². The van der Waals surface area contributed by atoms with Gasteiger partial charge < -0.3 is 9.55 Å². The minimum atomic E-state index is -5.65. The fraction of sp³-hybridized carbons (Fsp3) is 0.312. The summed E-state index contributed by atoms with van der Waals surface area (Å²) in [6, 6.07) is 3.97. The molecule has 1 N–H and O–H groups in total. The minimum Gasteiger partial charge on any atom is -0.338 e. The van der Waals surface area contributed by atoms with Gasteiger partial charge in [0.1, 0.15) is 0 Å². The summed E-state index contributed by atoms with van der Waals surface area (Å²) in [7, 11) is 0. The first-order valence-electron chi connectivity index (χ1n) is 7.19. The molecule has 2 aromatic heterocycles. The van der Waals surface area contributed by atoms with Crippen LogP contribution in [0.1, 0.15) is 11.3 Å². The number of pyridine rings is 1. The molecule has 3 aromatic rings. The minimum absolute atomic E-state index is 0.104. The summed E-state index contributed by atoms with van der Waals surface area (Å²) >= 11 is 6.12. The fourth-order valence-electron chi connectivity index (χ4n) is 2.96. The predicted octanol–water partition coefficient (Wildman–Crippen LogP) is 4.95. The number of halogens is 6. The second-order valence-corrected chi connectivity index (χ2v) is 6.27. The molecule has 0 fully saturated rings. The van der Waals surface area contributed by atoms with Crippen LogP contribution in [-0.4, -0.2) is 21.6 Å². The molecule has 0 aliphatic carbocycles. The van der Waals surface area contributed by atoms with Crippen LogP contribution in [0.15, 0.2) is 23.0 Å². The van der Waals surface area contributed by atoms with Gasteiger partial charge in [0.2, 0.25) is 5.56 Å². The van der Waals surface area contributed by atoms with Crippen molar-refractivity contribution in [3.8, 4) is 0 Å². The summed E-state index contributed by atoms with van der Waals surface area (Å²) in [4.78, 5) is 14.1. The van der Waals surface area contributed by atoms with E-state index in [9.17, 15) is 26.7 Å². The van der Waals surface area contributed by atoms with E-state index < -0.39 is 24.2 Å². The first-order valence-corrected chi connectivity index (χ1v) is 7.57. The quantitative estimate of drug-likeness (QED) is 0.629. The van der Waals surface area contributed by atoms with E-state index in [0.29, 0.717) is 21.9 Å². The van der Waals surface area contributed by atoms with Crippen molar-refractivity contribution in [1.82, 2.24) is 9.55 Å². The monoisotopic (exact) mass is 378 g/mol. The number of aromatic amines is 1. The molecule has 0 aliphatic rings. The Morgan fingerprint density at radius 2 is 1.76 bits per heavy atom. The normalized spacial score (nSPS) is 13.1. The number of rotatable bonds is 2. The molecule has 0 atom stereocenters. The molecule has 2 heterocycles. The Hall–Kier alpha value is -2.09. The number of benzene rings is 1. The van der Waals surface area contributed by atoms with E-state index in [-0.39, 0.29) is 16.2 Å². The van der Waals surface area contributed by atoms with E-state index in [1.54, 1.807) is 6.92 Å². The van der Waals surface area contributed by atoms with Gasteiger partial charge in [-0.25, -0.2) is 0 Å². The topological polar surface area (TPSA) is 37.8 Å². The number of hydrogen-bond donors (Lipinski definition) is 1. The fourth-order valence-corrected chi connectivity index (χ4v) is 3.26. The third kappa shape index (κ3) is 2.68. The molecule has 0 saturated heterocycles. The highest BCUT2D eigenvalue weighted by Crippen LogP contribution is 2.40. The molecular formula is C16H12ClF5N2O. The number of aromatic nitrogens is 2. The van der Waals surface area contributed by atoms with Crippen LogP contribution >= 0.6 is 11.6 Å². The zero-order chi connectivity index (χ0) is 18.7. The maximum Gasteiger partial charge on any atom is 0.455 e. The Morgan fingerprint density at radius 1 is 1.12 bits per heavy atom. The van der Waals surface area contributed by atoms with Gasteiger partial charge in [0.15, 0.2) is 0 Å². The molecule has 0 bridgehead atoms. The molecule has 0 spiro atoms. The third-order valence-electron chi connectivity index (χ3n) is 4.32. The Bertz CT molecular complexity index is 1050. The lowest BCUT2D eigenvalue weighted by atomic mass is 10.1. The first-order chi connectivity index (χ1) is 11.4. The lowest BCUT2D eigenvalue weighted by molar-refractivity contribution is -0.286. The lowest BCUT2D eigenvalue weighted by Gasteiger charge is -2.21. The van der Waals surface area contributed by atoms with Crippen LogP contribution in [0.25, 0.3) is 21.8 Å². The number of H-pyrrole nitrogens is 1. The first kappa shape index (κ1) is 17.7. The van der Waals surface area contributed by atoms with Gasteiger partial charge in [-0.1, -0.05) is 11.6 Å². The zero-order valence-corrected chi connectivity index (χ0v) is 13.8. The van der Waals surface area contributed by atoms with Crippen LogP contribution in [0.4, 0.5) is 22.0 Å². The molecule has 0 saturated carbocycles. The van der Waals surface area contributed by atoms with E-state index in [1.807, 2.05) is 0 Å². The zero-order valence-electron chi connectivity index (χ0n) is 13.1. The van der Waals surface area contributed by atoms with E-state index in [2.05, 4.69) is 4.98 Å². The van der Waals surface area contributed by atoms with Crippen molar-refractivity contribution in [3.63, 3.8) is 0 Å². The van der Waals surface area contributed by atoms with Crippen molar-refractivity contribution in [3.05, 3.63) is 44.8 Å². The molecule has 0 amide bonds. The number of nitrogens with one attached hydrogen (secondary N) is 1. The number of hydrogen-bond acceptors (Lipinski definition) is 1. The molecule has 9 heteroatoms. The van der Waals surface area contributed by atoms with Gasteiger partial charge in [0, 0.05) is 28.0 Å². The molecule has 25 heavy (non-hydrogen) atoms. The van der Waals surface area contributed by atoms with Crippen molar-refractivity contribution in [2.75, 3.05) is 0 Å². The SMILES string of the molecule is Cc1c(C)n(CC(F)(F)C(F)(F)F)c2ccc3[nH]c(=O)cc(Cl)c3c12. The van der Waals surface area contributed by atoms with E-state index in [1.165, 1.54) is 19.1 Å². The van der Waals surface area contributed by atoms with E-state index in [4.69, 9.17) is 11.6 Å². The van der Waals surface area contributed by atoms with Crippen molar-refractivity contribution < 1.29 is 22.0 Å². The van der Waals surface area contributed by atoms with Crippen molar-refractivity contribution in [2.45, 2.75) is 32.5 Å². The van der Waals surface area contributed by atoms with E-state index in [0.717, 1.165) is 10.6 Å². The average Bonchev–Trinajstić information content (AvgIpc) is 2.70. The highest BCUT2D eigenvalue weighted by atomic mass is 35.5. The molecule has 3 nitrogen and oxygen atoms in total. The Kier molecular flexibility index (Phi) is 3.87. The Morgan fingerprint density at radius 3 is 2.36 bits per heavy atom. The number of aryl methyl sites for hydroxylation is 1. The maximum atomic E-state index is 13.6. The van der Waals surface area contributed by atoms with Gasteiger partial charge >= 0.3 is 12.1 Å². The van der Waals surface area contributed by atoms with Crippen LogP contribution in [0.5, 0.6) is 0 Å². The number of nitrogens with zero attached hydrogens (tertiary/aromatic N) is 1. The van der Waals surface area contributed by atoms with Gasteiger partial charge in [-0.05, 0) is 31.5 Å². The van der Waals surface area contributed by atoms with Crippen molar-refractivity contribution in [1.29, 1.82) is 0 Å². The second kappa shape index (κ2) is 5.45. The van der Waals surface area contributed by atoms with Crippen LogP contribution in [0, 0.1) is 13.8 Å². The summed E-state index contributed by atoms with van der Waals surface area (Å²) < 4.78 is 65.8. The standard InChI is InChI=1S/C16H12ClF5N2O/c1-7-8(2)24(6-15(18,19)16(20,21)22)11-4-3-10-14(13(7)11)9(17)5-12(25)23-10/h3-5H,6H2,1-2H3,(H,23,25). The van der Waals surface area contributed by atoms with Gasteiger partial charge in [-0.3, -0.25) is 4.79 Å². The predicted molar refractivity (Wildman–Crippen MR) is 85.6 cm³/mol. The van der Waals surface area contributed by atoms with E-state index >= 15 is 0 Å². The highest BCUT2D eigenvalue weighted by molar-refractivity contribution is 6.37. The molecule has 134 valence electrons. The van der Waals surface area contributed by atoms with Crippen molar-refractivity contribution >= 4 is 33.4 Å². The van der Waals surface area contributed by atoms with Crippen LogP contribution in [0.2, 0.25) is 5.02 Å². The Balaban J connectivity index is 2.35. The third-order valence-corrected chi connectivity index (χ3v) is 4.62. The summed E-state index contributed by atoms with van der Waals surface area (Å²) in [6.07, 6.45) is -5.65. The highest BCUT2D eigenvalue weighted by Gasteiger charge is 2.57. The largest absolute Gasteiger partial charge is 0.455 e. The van der Waals surface area contributed by atoms with Gasteiger partial charge in [-0.15, -0.1) is 0 Å². The van der Waals surface area contributed by atoms with Crippen LogP contribution in [-0.2, 0) is 6.54 Å². The molecule has 0 unspecified atom stereocenters. The summed E-state index contributed by atoms with van der Waals surface area (Å²) in [5.74, 6) is -4.88. The second-order valence-electron chi connectivity index (χ2n) is 5.86. The van der Waals surface area contributed by atoms with Crippen LogP contribution < -0.4 is 5.56 Å². The average molecular weight is 379 g/mol. The smallest absolute Gasteiger partial charge is 0.338 e. The molecule has 0 aliphatic heterocycles. The van der Waals surface area contributed by atoms with Crippen LogP contribution in [0.3, 0.4) is 0 Å². The van der Waals surface area contributed by atoms with Crippen molar-refractivity contribution in [2.24, 2.45) is 0 Å². The number of alkyl halides is 5. The van der Waals surface area contributed by atoms with Gasteiger partial charge in [0.05, 0.1) is 17.1 Å². The number of fused-ring (bicyclic) bond motifs is 3. The maximum absolute atomic E-state index is 13.6. The summed E-state index contributed by atoms with van der Waals surface area (Å²) in [6.45, 7) is 1.55. The molecule has 1 aromatic carbocycles. The molecule has 0 radical (unpaired) electrons. The molecule has 3 rings (SSSR count). The summed E-state index contributed by atoms with van der Waals surface area (Å²) in [5, 5.41) is 0.954.